The number of hydrogen-bond acceptors (Lipinski definition) is 5. The van der Waals surface area contributed by atoms with E-state index in [9.17, 15) is 13.2 Å². The van der Waals surface area contributed by atoms with Gasteiger partial charge in [-0.25, -0.2) is 13.8 Å². The number of sulfonamides is 1. The third kappa shape index (κ3) is 6.89. The van der Waals surface area contributed by atoms with Gasteiger partial charge in [0.2, 0.25) is 10.0 Å². The van der Waals surface area contributed by atoms with Crippen molar-refractivity contribution in [3.05, 3.63) is 94.5 Å². The smallest absolute Gasteiger partial charge is 0.255 e. The standard InChI is InChI=1S/C24H24ClN3O4S/c1-18-9-11-23(12-10-18)33(30,31)28(16-20-6-3-7-21(25)13-20)17-24(29)27-26-15-19-5-4-8-22(14-19)32-2/h3-15H,16-17H2,1-2H3,(H,27,29)/b26-15-. The zero-order valence-corrected chi connectivity index (χ0v) is 19.8. The molecule has 33 heavy (non-hydrogen) atoms. The van der Waals surface area contributed by atoms with E-state index in [0.29, 0.717) is 16.3 Å². The van der Waals surface area contributed by atoms with Crippen molar-refractivity contribution in [1.29, 1.82) is 0 Å². The van der Waals surface area contributed by atoms with E-state index < -0.39 is 22.5 Å². The number of methoxy groups -OCH3 is 1. The number of halogens is 1. The van der Waals surface area contributed by atoms with Gasteiger partial charge >= 0.3 is 0 Å². The molecule has 0 aromatic heterocycles. The molecule has 0 aliphatic carbocycles. The highest BCUT2D eigenvalue weighted by Gasteiger charge is 2.27. The lowest BCUT2D eigenvalue weighted by atomic mass is 10.2. The SMILES string of the molecule is COc1cccc(/C=N\NC(=O)CN(Cc2cccc(Cl)c2)S(=O)(=O)c2ccc(C)cc2)c1. The summed E-state index contributed by atoms with van der Waals surface area (Å²) < 4.78 is 32.8. The Kier molecular flexibility index (Phi) is 8.21. The number of hydrogen-bond donors (Lipinski definition) is 1. The molecular formula is C24H24ClN3O4S. The van der Waals surface area contributed by atoms with E-state index in [1.54, 1.807) is 67.8 Å². The first-order chi connectivity index (χ1) is 15.8. The number of carbonyl (C=O) groups is 1. The van der Waals surface area contributed by atoms with Crippen molar-refractivity contribution in [3.63, 3.8) is 0 Å². The van der Waals surface area contributed by atoms with Gasteiger partial charge in [0.1, 0.15) is 5.75 Å². The van der Waals surface area contributed by atoms with Gasteiger partial charge in [-0.3, -0.25) is 4.79 Å². The van der Waals surface area contributed by atoms with Crippen molar-refractivity contribution in [3.8, 4) is 5.75 Å². The molecule has 3 rings (SSSR count). The lowest BCUT2D eigenvalue weighted by Gasteiger charge is -2.21. The molecule has 9 heteroatoms. The molecule has 0 saturated heterocycles. The maximum atomic E-state index is 13.3. The van der Waals surface area contributed by atoms with Gasteiger partial charge in [0.05, 0.1) is 24.8 Å². The van der Waals surface area contributed by atoms with Gasteiger partial charge in [-0.05, 0) is 54.4 Å². The number of carbonyl (C=O) groups excluding carboxylic acids is 1. The Hall–Kier alpha value is -3.20. The summed E-state index contributed by atoms with van der Waals surface area (Å²) in [6.45, 7) is 1.43. The van der Waals surface area contributed by atoms with E-state index in [4.69, 9.17) is 16.3 Å². The Bertz CT molecular complexity index is 1240. The van der Waals surface area contributed by atoms with Crippen LogP contribution in [0.2, 0.25) is 5.02 Å². The van der Waals surface area contributed by atoms with E-state index in [0.717, 1.165) is 15.4 Å². The van der Waals surface area contributed by atoms with E-state index in [1.165, 1.54) is 18.3 Å². The van der Waals surface area contributed by atoms with Crippen molar-refractivity contribution in [1.82, 2.24) is 9.73 Å². The second kappa shape index (κ2) is 11.1. The second-order valence-corrected chi connectivity index (χ2v) is 9.66. The van der Waals surface area contributed by atoms with Crippen LogP contribution in [0.5, 0.6) is 5.75 Å². The molecule has 0 fully saturated rings. The summed E-state index contributed by atoms with van der Waals surface area (Å²) in [5.41, 5.74) is 4.70. The van der Waals surface area contributed by atoms with E-state index in [-0.39, 0.29) is 11.4 Å². The first-order valence-corrected chi connectivity index (χ1v) is 11.9. The summed E-state index contributed by atoms with van der Waals surface area (Å²) in [5.74, 6) is 0.0778. The molecule has 3 aromatic carbocycles. The molecular weight excluding hydrogens is 462 g/mol. The zero-order valence-electron chi connectivity index (χ0n) is 18.2. The summed E-state index contributed by atoms with van der Waals surface area (Å²) in [6, 6.07) is 20.4. The minimum atomic E-state index is -3.95. The van der Waals surface area contributed by atoms with Gasteiger partial charge < -0.3 is 4.74 Å². The second-order valence-electron chi connectivity index (χ2n) is 7.29. The Labute approximate surface area is 198 Å². The minimum Gasteiger partial charge on any atom is -0.497 e. The molecule has 0 aliphatic heterocycles. The van der Waals surface area contributed by atoms with E-state index in [2.05, 4.69) is 10.5 Å². The Morgan fingerprint density at radius 3 is 2.52 bits per heavy atom. The summed E-state index contributed by atoms with van der Waals surface area (Å²) in [7, 11) is -2.39. The quantitative estimate of drug-likeness (QED) is 0.366. The predicted octanol–water partition coefficient (Wildman–Crippen LogP) is 4.00. The van der Waals surface area contributed by atoms with Gasteiger partial charge in [0, 0.05) is 11.6 Å². The Morgan fingerprint density at radius 2 is 1.82 bits per heavy atom. The maximum Gasteiger partial charge on any atom is 0.255 e. The lowest BCUT2D eigenvalue weighted by molar-refractivity contribution is -0.121. The van der Waals surface area contributed by atoms with Gasteiger partial charge in [0.15, 0.2) is 0 Å². The molecule has 0 bridgehead atoms. The van der Waals surface area contributed by atoms with Gasteiger partial charge in [-0.15, -0.1) is 0 Å². The normalized spacial score (nSPS) is 11.6. The molecule has 172 valence electrons. The molecule has 0 heterocycles. The summed E-state index contributed by atoms with van der Waals surface area (Å²) in [5, 5.41) is 4.41. The number of rotatable bonds is 9. The minimum absolute atomic E-state index is 0.0240. The van der Waals surface area contributed by atoms with Gasteiger partial charge in [-0.1, -0.05) is 53.6 Å². The molecule has 0 atom stereocenters. The summed E-state index contributed by atoms with van der Waals surface area (Å²) in [6.07, 6.45) is 1.45. The first-order valence-electron chi connectivity index (χ1n) is 10.0. The van der Waals surface area contributed by atoms with Crippen LogP contribution >= 0.6 is 11.6 Å². The third-order valence-corrected chi connectivity index (χ3v) is 6.76. The number of nitrogens with zero attached hydrogens (tertiary/aromatic N) is 2. The molecule has 0 spiro atoms. The van der Waals surface area contributed by atoms with Crippen molar-refractivity contribution in [2.45, 2.75) is 18.4 Å². The van der Waals surface area contributed by atoms with Crippen LogP contribution in [0.3, 0.4) is 0 Å². The van der Waals surface area contributed by atoms with Gasteiger partial charge in [-0.2, -0.15) is 9.41 Å². The number of nitrogens with one attached hydrogen (secondary N) is 1. The van der Waals surface area contributed by atoms with Gasteiger partial charge in [0.25, 0.3) is 5.91 Å². The number of amides is 1. The molecule has 7 nitrogen and oxygen atoms in total. The van der Waals surface area contributed by atoms with Crippen LogP contribution in [0.25, 0.3) is 0 Å². The molecule has 3 aromatic rings. The predicted molar refractivity (Wildman–Crippen MR) is 129 cm³/mol. The summed E-state index contributed by atoms with van der Waals surface area (Å²) >= 11 is 6.06. The van der Waals surface area contributed by atoms with E-state index in [1.807, 2.05) is 6.92 Å². The van der Waals surface area contributed by atoms with Crippen LogP contribution in [-0.4, -0.2) is 38.5 Å². The first kappa shape index (κ1) is 24.4. The molecule has 0 aliphatic rings. The number of hydrazone groups is 1. The van der Waals surface area contributed by atoms with Crippen LogP contribution < -0.4 is 10.2 Å². The van der Waals surface area contributed by atoms with E-state index >= 15 is 0 Å². The fraction of sp³-hybridized carbons (Fsp3) is 0.167. The molecule has 0 saturated carbocycles. The van der Waals surface area contributed by atoms with Crippen molar-refractivity contribution in [2.75, 3.05) is 13.7 Å². The molecule has 0 unspecified atom stereocenters. The third-order valence-electron chi connectivity index (χ3n) is 4.72. The highest BCUT2D eigenvalue weighted by Crippen LogP contribution is 2.20. The monoisotopic (exact) mass is 485 g/mol. The largest absolute Gasteiger partial charge is 0.497 e. The topological polar surface area (TPSA) is 88.1 Å². The number of aryl methyl sites for hydroxylation is 1. The number of benzene rings is 3. The zero-order chi connectivity index (χ0) is 23.8. The van der Waals surface area contributed by atoms with Crippen LogP contribution in [0, 0.1) is 6.92 Å². The average Bonchev–Trinajstić information content (AvgIpc) is 2.79. The molecule has 1 N–H and O–H groups in total. The molecule has 1 amide bonds. The molecule has 0 radical (unpaired) electrons. The highest BCUT2D eigenvalue weighted by molar-refractivity contribution is 7.89. The Balaban J connectivity index is 1.78. The van der Waals surface area contributed by atoms with Crippen molar-refractivity contribution >= 4 is 33.7 Å². The van der Waals surface area contributed by atoms with Crippen molar-refractivity contribution < 1.29 is 17.9 Å². The van der Waals surface area contributed by atoms with Crippen LogP contribution in [-0.2, 0) is 21.4 Å². The summed E-state index contributed by atoms with van der Waals surface area (Å²) in [4.78, 5) is 12.7. The van der Waals surface area contributed by atoms with Crippen molar-refractivity contribution in [2.24, 2.45) is 5.10 Å². The highest BCUT2D eigenvalue weighted by atomic mass is 35.5. The fourth-order valence-corrected chi connectivity index (χ4v) is 4.62. The van der Waals surface area contributed by atoms with Crippen LogP contribution in [0.15, 0.2) is 82.8 Å². The number of ether oxygens (including phenoxy) is 1. The lowest BCUT2D eigenvalue weighted by Crippen LogP contribution is -2.39. The Morgan fingerprint density at radius 1 is 1.09 bits per heavy atom. The fourth-order valence-electron chi connectivity index (χ4n) is 3.02. The van der Waals surface area contributed by atoms with Crippen LogP contribution in [0.4, 0.5) is 0 Å². The average molecular weight is 486 g/mol. The maximum absolute atomic E-state index is 13.3. The van der Waals surface area contributed by atoms with Crippen LogP contribution in [0.1, 0.15) is 16.7 Å².